The van der Waals surface area contributed by atoms with Crippen molar-refractivity contribution in [3.63, 3.8) is 0 Å². The van der Waals surface area contributed by atoms with Crippen LogP contribution >= 0.6 is 0 Å². The monoisotopic (exact) mass is 364 g/mol. The van der Waals surface area contributed by atoms with Crippen LogP contribution < -0.4 is 9.64 Å². The van der Waals surface area contributed by atoms with Gasteiger partial charge in [-0.3, -0.25) is 4.99 Å². The van der Waals surface area contributed by atoms with Crippen molar-refractivity contribution in [1.82, 2.24) is 0 Å². The molecule has 0 aromatic heterocycles. The van der Waals surface area contributed by atoms with Crippen LogP contribution in [0.3, 0.4) is 0 Å². The third-order valence-corrected chi connectivity index (χ3v) is 5.57. The van der Waals surface area contributed by atoms with E-state index in [0.29, 0.717) is 5.92 Å². The van der Waals surface area contributed by atoms with Gasteiger partial charge in [0, 0.05) is 35.6 Å². The molecule has 0 amide bonds. The Labute approximate surface area is 164 Å². The van der Waals surface area contributed by atoms with Crippen LogP contribution in [0.4, 0.5) is 11.4 Å². The number of hydrogen-bond acceptors (Lipinski definition) is 3. The molecule has 1 aliphatic rings. The lowest BCUT2D eigenvalue weighted by Crippen LogP contribution is -2.48. The Hall–Kier alpha value is -2.29. The Morgan fingerprint density at radius 1 is 1.22 bits per heavy atom. The molecule has 3 rings (SSSR count). The van der Waals surface area contributed by atoms with Gasteiger partial charge in [0.15, 0.2) is 0 Å². The summed E-state index contributed by atoms with van der Waals surface area (Å²) in [7, 11) is 1.74. The lowest BCUT2D eigenvalue weighted by atomic mass is 9.79. The Kier molecular flexibility index (Phi) is 5.59. The van der Waals surface area contributed by atoms with Crippen LogP contribution in [0.2, 0.25) is 0 Å². The van der Waals surface area contributed by atoms with Crippen molar-refractivity contribution in [3.05, 3.63) is 53.1 Å². The number of methoxy groups -OCH3 is 1. The van der Waals surface area contributed by atoms with Crippen molar-refractivity contribution in [2.75, 3.05) is 18.6 Å². The number of aliphatic imine (C=N–C) groups is 1. The fraction of sp³-hybridized carbons (Fsp3) is 0.458. The van der Waals surface area contributed by atoms with Gasteiger partial charge in [0.2, 0.25) is 0 Å². The zero-order valence-electron chi connectivity index (χ0n) is 17.5. The Morgan fingerprint density at radius 3 is 2.56 bits per heavy atom. The number of hydrogen-bond donors (Lipinski definition) is 0. The molecule has 27 heavy (non-hydrogen) atoms. The lowest BCUT2D eigenvalue weighted by Gasteiger charge is -2.47. The SMILES string of the molecule is CCCN1c2cc(OC)c(C=Nc3ccc(C)cc3)cc2C(C)CC1(C)C. The van der Waals surface area contributed by atoms with Crippen LogP contribution in [-0.2, 0) is 0 Å². The molecular weight excluding hydrogens is 332 g/mol. The first kappa shape index (κ1) is 19.5. The zero-order chi connectivity index (χ0) is 19.6. The zero-order valence-corrected chi connectivity index (χ0v) is 17.5. The van der Waals surface area contributed by atoms with Crippen LogP contribution in [0.25, 0.3) is 0 Å². The fourth-order valence-electron chi connectivity index (χ4n) is 4.23. The van der Waals surface area contributed by atoms with E-state index in [2.05, 4.69) is 68.8 Å². The largest absolute Gasteiger partial charge is 0.496 e. The summed E-state index contributed by atoms with van der Waals surface area (Å²) in [5.74, 6) is 1.40. The molecule has 2 aromatic carbocycles. The Bertz CT molecular complexity index is 821. The van der Waals surface area contributed by atoms with E-state index in [1.54, 1.807) is 7.11 Å². The number of aryl methyl sites for hydroxylation is 1. The van der Waals surface area contributed by atoms with E-state index in [4.69, 9.17) is 4.74 Å². The van der Waals surface area contributed by atoms with Gasteiger partial charge in [-0.15, -0.1) is 0 Å². The highest BCUT2D eigenvalue weighted by atomic mass is 16.5. The van der Waals surface area contributed by atoms with Crippen molar-refractivity contribution in [3.8, 4) is 5.75 Å². The molecule has 0 radical (unpaired) electrons. The molecule has 1 heterocycles. The molecular formula is C24H32N2O. The molecule has 1 atom stereocenters. The van der Waals surface area contributed by atoms with Crippen LogP contribution in [0.5, 0.6) is 5.75 Å². The highest BCUT2D eigenvalue weighted by Crippen LogP contribution is 2.45. The number of fused-ring (bicyclic) bond motifs is 1. The summed E-state index contributed by atoms with van der Waals surface area (Å²) in [5, 5.41) is 0. The summed E-state index contributed by atoms with van der Waals surface area (Å²) in [5.41, 5.74) is 6.11. The Balaban J connectivity index is 2.03. The summed E-state index contributed by atoms with van der Waals surface area (Å²) in [6.07, 6.45) is 4.22. The molecule has 0 saturated carbocycles. The third kappa shape index (κ3) is 4.02. The summed E-state index contributed by atoms with van der Waals surface area (Å²) < 4.78 is 5.73. The minimum Gasteiger partial charge on any atom is -0.496 e. The highest BCUT2D eigenvalue weighted by molar-refractivity contribution is 5.87. The molecule has 0 aliphatic carbocycles. The number of nitrogens with zero attached hydrogens (tertiary/aromatic N) is 2. The van der Waals surface area contributed by atoms with E-state index in [1.807, 2.05) is 18.3 Å². The molecule has 0 spiro atoms. The maximum atomic E-state index is 5.73. The van der Waals surface area contributed by atoms with Crippen LogP contribution in [0.1, 0.15) is 63.1 Å². The quantitative estimate of drug-likeness (QED) is 0.585. The minimum absolute atomic E-state index is 0.158. The minimum atomic E-state index is 0.158. The molecule has 0 bridgehead atoms. The van der Waals surface area contributed by atoms with Crippen molar-refractivity contribution in [2.24, 2.45) is 4.99 Å². The van der Waals surface area contributed by atoms with Gasteiger partial charge in [0.1, 0.15) is 5.75 Å². The van der Waals surface area contributed by atoms with Crippen LogP contribution in [0, 0.1) is 6.92 Å². The number of ether oxygens (including phenoxy) is 1. The molecule has 1 aliphatic heterocycles. The molecule has 0 saturated heterocycles. The smallest absolute Gasteiger partial charge is 0.129 e. The molecule has 144 valence electrons. The first-order valence-electron chi connectivity index (χ1n) is 9.96. The van der Waals surface area contributed by atoms with Gasteiger partial charge in [0.05, 0.1) is 12.8 Å². The maximum Gasteiger partial charge on any atom is 0.129 e. The van der Waals surface area contributed by atoms with E-state index in [1.165, 1.54) is 16.8 Å². The van der Waals surface area contributed by atoms with Crippen molar-refractivity contribution >= 4 is 17.6 Å². The molecule has 1 unspecified atom stereocenters. The first-order chi connectivity index (χ1) is 12.9. The second kappa shape index (κ2) is 7.75. The standard InChI is InChI=1S/C24H32N2O/c1-7-12-26-22-14-23(27-6)19(13-21(22)18(3)15-24(26,4)5)16-25-20-10-8-17(2)9-11-20/h8-11,13-14,16,18H,7,12,15H2,1-6H3. The van der Waals surface area contributed by atoms with Gasteiger partial charge in [0.25, 0.3) is 0 Å². The van der Waals surface area contributed by atoms with E-state index in [9.17, 15) is 0 Å². The molecule has 3 heteroatoms. The van der Waals surface area contributed by atoms with Crippen LogP contribution in [0.15, 0.2) is 41.4 Å². The summed E-state index contributed by atoms with van der Waals surface area (Å²) >= 11 is 0. The lowest BCUT2D eigenvalue weighted by molar-refractivity contribution is 0.372. The van der Waals surface area contributed by atoms with Crippen molar-refractivity contribution in [1.29, 1.82) is 0 Å². The molecule has 0 N–H and O–H groups in total. The van der Waals surface area contributed by atoms with Crippen molar-refractivity contribution in [2.45, 2.75) is 58.9 Å². The highest BCUT2D eigenvalue weighted by Gasteiger charge is 2.36. The number of benzene rings is 2. The Morgan fingerprint density at radius 2 is 1.93 bits per heavy atom. The van der Waals surface area contributed by atoms with Gasteiger partial charge >= 0.3 is 0 Å². The third-order valence-electron chi connectivity index (χ3n) is 5.57. The van der Waals surface area contributed by atoms with Gasteiger partial charge < -0.3 is 9.64 Å². The fourth-order valence-corrected chi connectivity index (χ4v) is 4.23. The molecule has 3 nitrogen and oxygen atoms in total. The average Bonchev–Trinajstić information content (AvgIpc) is 2.63. The first-order valence-corrected chi connectivity index (χ1v) is 9.96. The number of anilines is 1. The van der Waals surface area contributed by atoms with Crippen LogP contribution in [-0.4, -0.2) is 25.4 Å². The summed E-state index contributed by atoms with van der Waals surface area (Å²) in [4.78, 5) is 7.21. The number of rotatable bonds is 5. The second-order valence-corrected chi connectivity index (χ2v) is 8.32. The van der Waals surface area contributed by atoms with E-state index in [0.717, 1.165) is 36.4 Å². The van der Waals surface area contributed by atoms with Gasteiger partial charge in [-0.05, 0) is 63.3 Å². The summed E-state index contributed by atoms with van der Waals surface area (Å²) in [6.45, 7) is 12.4. The summed E-state index contributed by atoms with van der Waals surface area (Å²) in [6, 6.07) is 12.7. The normalized spacial score (nSPS) is 18.6. The maximum absolute atomic E-state index is 5.73. The second-order valence-electron chi connectivity index (χ2n) is 8.32. The molecule has 2 aromatic rings. The van der Waals surface area contributed by atoms with E-state index >= 15 is 0 Å². The van der Waals surface area contributed by atoms with E-state index < -0.39 is 0 Å². The van der Waals surface area contributed by atoms with Gasteiger partial charge in [-0.1, -0.05) is 31.5 Å². The van der Waals surface area contributed by atoms with Crippen molar-refractivity contribution < 1.29 is 4.74 Å². The molecule has 0 fully saturated rings. The topological polar surface area (TPSA) is 24.8 Å². The predicted octanol–water partition coefficient (Wildman–Crippen LogP) is 6.26. The van der Waals surface area contributed by atoms with Gasteiger partial charge in [-0.25, -0.2) is 0 Å². The predicted molar refractivity (Wildman–Crippen MR) is 116 cm³/mol. The van der Waals surface area contributed by atoms with Gasteiger partial charge in [-0.2, -0.15) is 0 Å². The average molecular weight is 365 g/mol. The van der Waals surface area contributed by atoms with E-state index in [-0.39, 0.29) is 5.54 Å².